The molecule has 176 valence electrons. The van der Waals surface area contributed by atoms with Crippen LogP contribution in [0.3, 0.4) is 0 Å². The molecule has 0 radical (unpaired) electrons. The minimum atomic E-state index is -4.24. The SMILES string of the molecule is NS(=O)(=O)OCC1O[C@@H](n2cnc3c(N[C@H]4CCc5ccccc54)nc(Cl)nc32)[C@H](O)[C@@H]1O. The van der Waals surface area contributed by atoms with Crippen molar-refractivity contribution in [1.29, 1.82) is 0 Å². The fourth-order valence-electron chi connectivity index (χ4n) is 4.31. The predicted octanol–water partition coefficient (Wildman–Crippen LogP) is 0.418. The first kappa shape index (κ1) is 22.4. The van der Waals surface area contributed by atoms with Crippen molar-refractivity contribution in [1.82, 2.24) is 19.5 Å². The fourth-order valence-corrected chi connectivity index (χ4v) is 4.80. The molecule has 12 nitrogen and oxygen atoms in total. The molecule has 1 aliphatic carbocycles. The van der Waals surface area contributed by atoms with Gasteiger partial charge in [0, 0.05) is 0 Å². The van der Waals surface area contributed by atoms with E-state index in [9.17, 15) is 18.6 Å². The highest BCUT2D eigenvalue weighted by atomic mass is 35.5. The van der Waals surface area contributed by atoms with Gasteiger partial charge in [0.1, 0.15) is 18.3 Å². The number of aliphatic hydroxyl groups excluding tert-OH is 2. The summed E-state index contributed by atoms with van der Waals surface area (Å²) in [6.07, 6.45) is -1.91. The van der Waals surface area contributed by atoms with E-state index in [0.717, 1.165) is 12.8 Å². The molecule has 1 saturated heterocycles. The van der Waals surface area contributed by atoms with Crippen LogP contribution in [0.1, 0.15) is 29.8 Å². The molecule has 33 heavy (non-hydrogen) atoms. The van der Waals surface area contributed by atoms with Crippen molar-refractivity contribution in [3.05, 3.63) is 47.0 Å². The van der Waals surface area contributed by atoms with Gasteiger partial charge in [-0.3, -0.25) is 8.75 Å². The molecule has 14 heteroatoms. The maximum Gasteiger partial charge on any atom is 0.333 e. The summed E-state index contributed by atoms with van der Waals surface area (Å²) in [5.74, 6) is 0.424. The van der Waals surface area contributed by atoms with Gasteiger partial charge in [-0.2, -0.15) is 18.4 Å². The lowest BCUT2D eigenvalue weighted by atomic mass is 10.1. The standard InChI is InChI=1S/C19H21ClN6O6S/c20-19-24-16(23-11-6-5-9-3-1-2-4-10(9)11)13-17(25-19)26(8-22-13)18-15(28)14(27)12(32-18)7-31-33(21,29)30/h1-4,8,11-12,14-15,18,27-28H,5-7H2,(H2,21,29,30)(H,23,24,25)/t11-,12?,14+,15+,18+/m0/s1. The predicted molar refractivity (Wildman–Crippen MR) is 116 cm³/mol. The van der Waals surface area contributed by atoms with Gasteiger partial charge in [-0.25, -0.2) is 10.1 Å². The summed E-state index contributed by atoms with van der Waals surface area (Å²) >= 11 is 6.18. The van der Waals surface area contributed by atoms with Crippen molar-refractivity contribution in [3.8, 4) is 0 Å². The van der Waals surface area contributed by atoms with Crippen LogP contribution < -0.4 is 10.5 Å². The molecule has 3 heterocycles. The first-order chi connectivity index (χ1) is 15.7. The molecule has 0 spiro atoms. The van der Waals surface area contributed by atoms with Crippen molar-refractivity contribution in [2.24, 2.45) is 5.14 Å². The summed E-state index contributed by atoms with van der Waals surface area (Å²) in [6.45, 7) is -0.566. The third-order valence-corrected chi connectivity index (χ3v) is 6.48. The van der Waals surface area contributed by atoms with Crippen molar-refractivity contribution in [2.75, 3.05) is 11.9 Å². The Hall–Kier alpha value is -2.39. The van der Waals surface area contributed by atoms with Crippen molar-refractivity contribution in [2.45, 2.75) is 43.4 Å². The van der Waals surface area contributed by atoms with E-state index >= 15 is 0 Å². The number of aromatic nitrogens is 4. The van der Waals surface area contributed by atoms with E-state index in [1.54, 1.807) is 0 Å². The molecule has 1 unspecified atom stereocenters. The van der Waals surface area contributed by atoms with Gasteiger partial charge in [0.05, 0.1) is 19.0 Å². The number of benzene rings is 1. The van der Waals surface area contributed by atoms with Crippen LogP contribution in [-0.2, 0) is 25.6 Å². The van der Waals surface area contributed by atoms with E-state index in [2.05, 4.69) is 36.6 Å². The Balaban J connectivity index is 1.44. The molecule has 3 aromatic rings. The number of nitrogens with one attached hydrogen (secondary N) is 1. The van der Waals surface area contributed by atoms with Gasteiger partial charge in [-0.1, -0.05) is 24.3 Å². The Labute approximate surface area is 193 Å². The summed E-state index contributed by atoms with van der Waals surface area (Å²) < 4.78 is 33.7. The molecule has 0 bridgehead atoms. The van der Waals surface area contributed by atoms with Crippen LogP contribution in [0.15, 0.2) is 30.6 Å². The Bertz CT molecular complexity index is 1300. The normalized spacial score (nSPS) is 27.2. The third-order valence-electron chi connectivity index (χ3n) is 5.85. The zero-order valence-corrected chi connectivity index (χ0v) is 18.6. The number of aryl methyl sites for hydroxylation is 1. The summed E-state index contributed by atoms with van der Waals surface area (Å²) in [5, 5.41) is 29.0. The van der Waals surface area contributed by atoms with Gasteiger partial charge < -0.3 is 20.3 Å². The Morgan fingerprint density at radius 3 is 2.85 bits per heavy atom. The van der Waals surface area contributed by atoms with E-state index < -0.39 is 41.5 Å². The van der Waals surface area contributed by atoms with Crippen LogP contribution >= 0.6 is 11.6 Å². The van der Waals surface area contributed by atoms with Gasteiger partial charge in [0.15, 0.2) is 23.2 Å². The molecule has 5 N–H and O–H groups in total. The van der Waals surface area contributed by atoms with Crippen molar-refractivity contribution >= 4 is 38.9 Å². The summed E-state index contributed by atoms with van der Waals surface area (Å²) in [7, 11) is -4.24. The number of halogens is 1. The lowest BCUT2D eigenvalue weighted by Gasteiger charge is -2.18. The summed E-state index contributed by atoms with van der Waals surface area (Å²) in [4.78, 5) is 12.9. The van der Waals surface area contributed by atoms with E-state index in [-0.39, 0.29) is 17.0 Å². The lowest BCUT2D eigenvalue weighted by Crippen LogP contribution is -2.35. The Morgan fingerprint density at radius 1 is 1.27 bits per heavy atom. The molecular formula is C19H21ClN6O6S. The third kappa shape index (κ3) is 4.28. The average molecular weight is 497 g/mol. The lowest BCUT2D eigenvalue weighted by molar-refractivity contribution is -0.0467. The van der Waals surface area contributed by atoms with Gasteiger partial charge in [-0.15, -0.1) is 0 Å². The van der Waals surface area contributed by atoms with Crippen LogP contribution in [0.2, 0.25) is 5.28 Å². The van der Waals surface area contributed by atoms with E-state index in [1.165, 1.54) is 22.0 Å². The Kier molecular flexibility index (Phi) is 5.73. The van der Waals surface area contributed by atoms with Crippen molar-refractivity contribution < 1.29 is 27.6 Å². The second kappa shape index (κ2) is 8.43. The minimum Gasteiger partial charge on any atom is -0.387 e. The van der Waals surface area contributed by atoms with E-state index in [0.29, 0.717) is 11.3 Å². The number of rotatable bonds is 6. The molecule has 5 rings (SSSR count). The maximum absolute atomic E-state index is 11.1. The van der Waals surface area contributed by atoms with Crippen molar-refractivity contribution in [3.63, 3.8) is 0 Å². The molecule has 1 aliphatic heterocycles. The number of nitrogens with zero attached hydrogens (tertiary/aromatic N) is 4. The van der Waals surface area contributed by atoms with Gasteiger partial charge >= 0.3 is 10.3 Å². The molecule has 2 aliphatic rings. The van der Waals surface area contributed by atoms with Crippen LogP contribution in [0.4, 0.5) is 5.82 Å². The molecule has 0 saturated carbocycles. The van der Waals surface area contributed by atoms with Crippen LogP contribution in [0.25, 0.3) is 11.2 Å². The summed E-state index contributed by atoms with van der Waals surface area (Å²) in [6, 6.07) is 8.16. The molecule has 1 fully saturated rings. The number of imidazole rings is 1. The number of ether oxygens (including phenoxy) is 1. The topological polar surface area (TPSA) is 175 Å². The highest BCUT2D eigenvalue weighted by Crippen LogP contribution is 2.36. The second-order valence-electron chi connectivity index (χ2n) is 7.92. The molecule has 2 aromatic heterocycles. The molecule has 0 amide bonds. The number of fused-ring (bicyclic) bond motifs is 2. The fraction of sp³-hybridized carbons (Fsp3) is 0.421. The molecule has 1 aromatic carbocycles. The van der Waals surface area contributed by atoms with E-state index in [1.807, 2.05) is 12.1 Å². The zero-order chi connectivity index (χ0) is 23.3. The molecule has 5 atom stereocenters. The first-order valence-corrected chi connectivity index (χ1v) is 12.0. The number of hydrogen-bond acceptors (Lipinski definition) is 10. The quantitative estimate of drug-likeness (QED) is 0.350. The number of anilines is 1. The first-order valence-electron chi connectivity index (χ1n) is 10.1. The second-order valence-corrected chi connectivity index (χ2v) is 9.48. The largest absolute Gasteiger partial charge is 0.387 e. The maximum atomic E-state index is 11.1. The smallest absolute Gasteiger partial charge is 0.333 e. The highest BCUT2D eigenvalue weighted by Gasteiger charge is 2.45. The zero-order valence-electron chi connectivity index (χ0n) is 17.1. The highest BCUT2D eigenvalue weighted by molar-refractivity contribution is 7.84. The van der Waals surface area contributed by atoms with E-state index in [4.69, 9.17) is 21.5 Å². The minimum absolute atomic E-state index is 0.0235. The van der Waals surface area contributed by atoms with Crippen LogP contribution in [0, 0.1) is 0 Å². The average Bonchev–Trinajstić information content (AvgIpc) is 3.44. The monoisotopic (exact) mass is 496 g/mol. The number of aliphatic hydroxyl groups is 2. The van der Waals surface area contributed by atoms with Gasteiger partial charge in [0.25, 0.3) is 0 Å². The van der Waals surface area contributed by atoms with Crippen LogP contribution in [0.5, 0.6) is 0 Å². The van der Waals surface area contributed by atoms with Crippen LogP contribution in [-0.4, -0.2) is 63.1 Å². The summed E-state index contributed by atoms with van der Waals surface area (Å²) in [5.41, 5.74) is 3.11. The van der Waals surface area contributed by atoms with Gasteiger partial charge in [0.2, 0.25) is 5.28 Å². The number of hydrogen-bond donors (Lipinski definition) is 4. The number of nitrogens with two attached hydrogens (primary N) is 1. The van der Waals surface area contributed by atoms with Gasteiger partial charge in [-0.05, 0) is 35.6 Å². The Morgan fingerprint density at radius 2 is 2.06 bits per heavy atom. The molecular weight excluding hydrogens is 476 g/mol.